The average Bonchev–Trinajstić information content (AvgIpc) is 3.07. The van der Waals surface area contributed by atoms with Gasteiger partial charge in [0, 0.05) is 38.4 Å². The topological polar surface area (TPSA) is 67.7 Å². The minimum absolute atomic E-state index is 0.213. The number of rotatable bonds is 7. The zero-order valence-electron chi connectivity index (χ0n) is 14.8. The SMILES string of the molecule is CC(C)c1ncc2c(n1)CN(C[C@H](O)COC[C@H]1CCCO1)CC2. The third kappa shape index (κ3) is 4.72. The Balaban J connectivity index is 1.45. The summed E-state index contributed by atoms with van der Waals surface area (Å²) in [6, 6.07) is 0. The highest BCUT2D eigenvalue weighted by Crippen LogP contribution is 2.19. The number of nitrogens with zero attached hydrogens (tertiary/aromatic N) is 3. The fourth-order valence-electron chi connectivity index (χ4n) is 3.27. The molecule has 0 unspecified atom stereocenters. The van der Waals surface area contributed by atoms with E-state index in [-0.39, 0.29) is 6.10 Å². The fourth-order valence-corrected chi connectivity index (χ4v) is 3.27. The fraction of sp³-hybridized carbons (Fsp3) is 0.778. The van der Waals surface area contributed by atoms with Gasteiger partial charge in [-0.15, -0.1) is 0 Å². The standard InChI is InChI=1S/C18H29N3O3/c1-13(2)18-19-8-14-5-6-21(10-17(14)20-18)9-15(22)11-23-12-16-4-3-7-24-16/h8,13,15-16,22H,3-7,9-12H2,1-2H3/t15-,16+/m0/s1. The van der Waals surface area contributed by atoms with Gasteiger partial charge in [0.05, 0.1) is 31.1 Å². The second-order valence-electron chi connectivity index (χ2n) is 7.17. The van der Waals surface area contributed by atoms with Gasteiger partial charge in [0.1, 0.15) is 5.82 Å². The number of aliphatic hydroxyl groups is 1. The lowest BCUT2D eigenvalue weighted by atomic mass is 10.1. The van der Waals surface area contributed by atoms with Crippen LogP contribution >= 0.6 is 0 Å². The summed E-state index contributed by atoms with van der Waals surface area (Å²) in [5, 5.41) is 10.2. The molecule has 1 saturated heterocycles. The molecule has 0 spiro atoms. The Labute approximate surface area is 144 Å². The van der Waals surface area contributed by atoms with Crippen LogP contribution in [0.4, 0.5) is 0 Å². The molecule has 3 rings (SSSR count). The van der Waals surface area contributed by atoms with E-state index >= 15 is 0 Å². The van der Waals surface area contributed by atoms with Crippen molar-refractivity contribution in [2.45, 2.75) is 57.8 Å². The third-order valence-corrected chi connectivity index (χ3v) is 4.67. The second kappa shape index (κ2) is 8.34. The van der Waals surface area contributed by atoms with Crippen LogP contribution in [0.5, 0.6) is 0 Å². The van der Waals surface area contributed by atoms with Crippen LogP contribution in [0.15, 0.2) is 6.20 Å². The molecule has 0 bridgehead atoms. The molecule has 2 aliphatic rings. The summed E-state index contributed by atoms with van der Waals surface area (Å²) in [5.74, 6) is 1.23. The lowest BCUT2D eigenvalue weighted by Crippen LogP contribution is -2.39. The van der Waals surface area contributed by atoms with E-state index in [0.717, 1.165) is 50.5 Å². The summed E-state index contributed by atoms with van der Waals surface area (Å²) in [6.45, 7) is 8.33. The Bertz CT molecular complexity index is 532. The first-order chi connectivity index (χ1) is 11.6. The van der Waals surface area contributed by atoms with Crippen molar-refractivity contribution in [3.05, 3.63) is 23.3 Å². The molecule has 6 heteroatoms. The Morgan fingerprint density at radius 1 is 1.46 bits per heavy atom. The maximum atomic E-state index is 10.2. The molecular weight excluding hydrogens is 306 g/mol. The van der Waals surface area contributed by atoms with Gasteiger partial charge in [0.25, 0.3) is 0 Å². The van der Waals surface area contributed by atoms with Crippen molar-refractivity contribution in [3.63, 3.8) is 0 Å². The molecule has 6 nitrogen and oxygen atoms in total. The number of aliphatic hydroxyl groups excluding tert-OH is 1. The molecule has 0 amide bonds. The van der Waals surface area contributed by atoms with Crippen molar-refractivity contribution in [3.8, 4) is 0 Å². The highest BCUT2D eigenvalue weighted by molar-refractivity contribution is 5.21. The summed E-state index contributed by atoms with van der Waals surface area (Å²) in [5.41, 5.74) is 2.34. The summed E-state index contributed by atoms with van der Waals surface area (Å²) in [6.07, 6.45) is 4.83. The number of aromatic nitrogens is 2. The number of hydrogen-bond acceptors (Lipinski definition) is 6. The largest absolute Gasteiger partial charge is 0.389 e. The van der Waals surface area contributed by atoms with Crippen molar-refractivity contribution < 1.29 is 14.6 Å². The molecule has 1 fully saturated rings. The van der Waals surface area contributed by atoms with Crippen molar-refractivity contribution in [2.75, 3.05) is 32.9 Å². The normalized spacial score (nSPS) is 22.8. The van der Waals surface area contributed by atoms with Gasteiger partial charge in [-0.25, -0.2) is 9.97 Å². The van der Waals surface area contributed by atoms with Gasteiger partial charge < -0.3 is 14.6 Å². The van der Waals surface area contributed by atoms with E-state index in [1.165, 1.54) is 5.56 Å². The maximum Gasteiger partial charge on any atom is 0.131 e. The van der Waals surface area contributed by atoms with Crippen LogP contribution < -0.4 is 0 Å². The van der Waals surface area contributed by atoms with E-state index in [1.807, 2.05) is 6.20 Å². The molecule has 134 valence electrons. The molecule has 0 radical (unpaired) electrons. The van der Waals surface area contributed by atoms with Gasteiger partial charge in [-0.2, -0.15) is 0 Å². The number of fused-ring (bicyclic) bond motifs is 1. The highest BCUT2D eigenvalue weighted by atomic mass is 16.5. The van der Waals surface area contributed by atoms with Crippen LogP contribution in [0, 0.1) is 0 Å². The Morgan fingerprint density at radius 3 is 3.08 bits per heavy atom. The predicted octanol–water partition coefficient (Wildman–Crippen LogP) is 1.51. The lowest BCUT2D eigenvalue weighted by Gasteiger charge is -2.29. The van der Waals surface area contributed by atoms with E-state index in [0.29, 0.717) is 25.7 Å². The molecule has 2 aliphatic heterocycles. The summed E-state index contributed by atoms with van der Waals surface area (Å²) in [4.78, 5) is 11.4. The smallest absolute Gasteiger partial charge is 0.131 e. The molecule has 1 aromatic heterocycles. The van der Waals surface area contributed by atoms with Crippen LogP contribution in [0.25, 0.3) is 0 Å². The molecule has 0 aromatic carbocycles. The quantitative estimate of drug-likeness (QED) is 0.815. The van der Waals surface area contributed by atoms with Crippen LogP contribution in [-0.2, 0) is 22.4 Å². The van der Waals surface area contributed by atoms with E-state index in [9.17, 15) is 5.11 Å². The van der Waals surface area contributed by atoms with E-state index in [4.69, 9.17) is 14.5 Å². The lowest BCUT2D eigenvalue weighted by molar-refractivity contribution is -0.0262. The average molecular weight is 335 g/mol. The minimum Gasteiger partial charge on any atom is -0.389 e. The van der Waals surface area contributed by atoms with Crippen LogP contribution in [0.2, 0.25) is 0 Å². The van der Waals surface area contributed by atoms with E-state index < -0.39 is 6.10 Å². The van der Waals surface area contributed by atoms with Crippen LogP contribution in [-0.4, -0.2) is 65.1 Å². The summed E-state index contributed by atoms with van der Waals surface area (Å²) >= 11 is 0. The Kier molecular flexibility index (Phi) is 6.16. The highest BCUT2D eigenvalue weighted by Gasteiger charge is 2.22. The van der Waals surface area contributed by atoms with Gasteiger partial charge in [-0.05, 0) is 24.8 Å². The molecule has 0 aliphatic carbocycles. The molecule has 1 aromatic rings. The van der Waals surface area contributed by atoms with Gasteiger partial charge >= 0.3 is 0 Å². The third-order valence-electron chi connectivity index (χ3n) is 4.67. The minimum atomic E-state index is -0.473. The summed E-state index contributed by atoms with van der Waals surface area (Å²) < 4.78 is 11.1. The molecule has 1 N–H and O–H groups in total. The van der Waals surface area contributed by atoms with Gasteiger partial charge in [-0.3, -0.25) is 4.90 Å². The van der Waals surface area contributed by atoms with E-state index in [2.05, 4.69) is 23.7 Å². The maximum absolute atomic E-state index is 10.2. The molecule has 3 heterocycles. The first-order valence-corrected chi connectivity index (χ1v) is 9.06. The van der Waals surface area contributed by atoms with Gasteiger partial charge in [0.2, 0.25) is 0 Å². The zero-order valence-corrected chi connectivity index (χ0v) is 14.8. The van der Waals surface area contributed by atoms with Crippen molar-refractivity contribution in [1.29, 1.82) is 0 Å². The molecule has 0 saturated carbocycles. The first-order valence-electron chi connectivity index (χ1n) is 9.06. The number of β-amino-alcohol motifs (C(OH)–C–C–N with tert-alkyl or cyclic N) is 1. The number of ether oxygens (including phenoxy) is 2. The molecular formula is C18H29N3O3. The number of hydrogen-bond donors (Lipinski definition) is 1. The van der Waals surface area contributed by atoms with Gasteiger partial charge in [0.15, 0.2) is 0 Å². The predicted molar refractivity (Wildman–Crippen MR) is 90.9 cm³/mol. The monoisotopic (exact) mass is 335 g/mol. The second-order valence-corrected chi connectivity index (χ2v) is 7.17. The summed E-state index contributed by atoms with van der Waals surface area (Å²) in [7, 11) is 0. The first kappa shape index (κ1) is 17.7. The zero-order chi connectivity index (χ0) is 16.9. The molecule has 2 atom stereocenters. The van der Waals surface area contributed by atoms with Crippen molar-refractivity contribution >= 4 is 0 Å². The Hall–Kier alpha value is -1.08. The van der Waals surface area contributed by atoms with Crippen LogP contribution in [0.3, 0.4) is 0 Å². The van der Waals surface area contributed by atoms with Crippen LogP contribution in [0.1, 0.15) is 49.7 Å². The van der Waals surface area contributed by atoms with Crippen molar-refractivity contribution in [1.82, 2.24) is 14.9 Å². The Morgan fingerprint density at radius 2 is 2.33 bits per heavy atom. The van der Waals surface area contributed by atoms with E-state index in [1.54, 1.807) is 0 Å². The molecule has 24 heavy (non-hydrogen) atoms. The van der Waals surface area contributed by atoms with Crippen molar-refractivity contribution in [2.24, 2.45) is 0 Å². The van der Waals surface area contributed by atoms with Gasteiger partial charge in [-0.1, -0.05) is 13.8 Å².